The molecule has 0 saturated heterocycles. The molecule has 0 N–H and O–H groups in total. The molecule has 0 saturated carbocycles. The van der Waals surface area contributed by atoms with Gasteiger partial charge in [0, 0.05) is 19.3 Å². The summed E-state index contributed by atoms with van der Waals surface area (Å²) in [5.74, 6) is -0.918. The standard InChI is InChI=1S/C60H110O6/c1-4-7-10-13-16-19-22-25-28-30-33-35-38-41-44-47-50-53-59(62)65-56-57(55-64-58(61)52-49-46-43-40-37-34-31-27-24-21-18-15-12-9-6-3)66-60(63)54-51-48-45-42-39-36-32-29-26-23-20-17-14-11-8-5-2/h25,28,33,35,41,44,57H,4-24,26-27,29-32,34,36-40,42-43,45-56H2,1-3H3/b28-25-,35-33-,44-41-. The Bertz CT molecular complexity index is 1110. The molecule has 0 aliphatic carbocycles. The lowest BCUT2D eigenvalue weighted by molar-refractivity contribution is -0.167. The number of hydrogen-bond acceptors (Lipinski definition) is 6. The molecule has 0 spiro atoms. The van der Waals surface area contributed by atoms with Gasteiger partial charge in [0.15, 0.2) is 6.10 Å². The molecular formula is C60H110O6. The molecular weight excluding hydrogens is 817 g/mol. The third kappa shape index (κ3) is 52.6. The van der Waals surface area contributed by atoms with Crippen molar-refractivity contribution in [3.63, 3.8) is 0 Å². The number of allylic oxidation sites excluding steroid dienone is 6. The Hall–Kier alpha value is -2.37. The van der Waals surface area contributed by atoms with E-state index in [9.17, 15) is 14.4 Å². The molecule has 6 heteroatoms. The first kappa shape index (κ1) is 63.6. The van der Waals surface area contributed by atoms with Gasteiger partial charge < -0.3 is 14.2 Å². The van der Waals surface area contributed by atoms with Crippen LogP contribution >= 0.6 is 0 Å². The average molecular weight is 928 g/mol. The summed E-state index contributed by atoms with van der Waals surface area (Å²) in [5, 5.41) is 0. The second-order valence-corrected chi connectivity index (χ2v) is 19.6. The first-order chi connectivity index (χ1) is 32.5. The molecule has 66 heavy (non-hydrogen) atoms. The molecule has 1 unspecified atom stereocenters. The summed E-state index contributed by atoms with van der Waals surface area (Å²) < 4.78 is 16.8. The van der Waals surface area contributed by atoms with Crippen LogP contribution in [-0.2, 0) is 28.6 Å². The van der Waals surface area contributed by atoms with E-state index in [1.54, 1.807) is 0 Å². The molecule has 386 valence electrons. The Morgan fingerprint density at radius 1 is 0.303 bits per heavy atom. The summed E-state index contributed by atoms with van der Waals surface area (Å²) in [5.41, 5.74) is 0. The maximum atomic E-state index is 12.8. The highest BCUT2D eigenvalue weighted by Gasteiger charge is 2.19. The van der Waals surface area contributed by atoms with Crippen LogP contribution in [-0.4, -0.2) is 37.2 Å². The number of ether oxygens (including phenoxy) is 3. The summed E-state index contributed by atoms with van der Waals surface area (Å²) in [6, 6.07) is 0. The Morgan fingerprint density at radius 3 is 0.909 bits per heavy atom. The van der Waals surface area contributed by atoms with E-state index < -0.39 is 6.10 Å². The molecule has 0 aromatic heterocycles. The van der Waals surface area contributed by atoms with Gasteiger partial charge >= 0.3 is 17.9 Å². The number of rotatable bonds is 53. The third-order valence-electron chi connectivity index (χ3n) is 12.9. The lowest BCUT2D eigenvalue weighted by Crippen LogP contribution is -2.30. The van der Waals surface area contributed by atoms with Gasteiger partial charge in [0.1, 0.15) is 13.2 Å². The second-order valence-electron chi connectivity index (χ2n) is 19.6. The van der Waals surface area contributed by atoms with Gasteiger partial charge in [-0.2, -0.15) is 0 Å². The average Bonchev–Trinajstić information content (AvgIpc) is 3.31. The largest absolute Gasteiger partial charge is 0.462 e. The molecule has 0 amide bonds. The fourth-order valence-electron chi connectivity index (χ4n) is 8.52. The predicted molar refractivity (Wildman–Crippen MR) is 284 cm³/mol. The fraction of sp³-hybridized carbons (Fsp3) is 0.850. The van der Waals surface area contributed by atoms with Gasteiger partial charge in [-0.05, 0) is 51.4 Å². The number of esters is 3. The maximum Gasteiger partial charge on any atom is 0.306 e. The lowest BCUT2D eigenvalue weighted by Gasteiger charge is -2.18. The van der Waals surface area contributed by atoms with E-state index >= 15 is 0 Å². The van der Waals surface area contributed by atoms with Crippen molar-refractivity contribution < 1.29 is 28.6 Å². The van der Waals surface area contributed by atoms with E-state index in [1.807, 2.05) is 0 Å². The highest BCUT2D eigenvalue weighted by molar-refractivity contribution is 5.71. The second kappa shape index (κ2) is 55.2. The molecule has 6 nitrogen and oxygen atoms in total. The zero-order valence-electron chi connectivity index (χ0n) is 44.2. The van der Waals surface area contributed by atoms with Crippen molar-refractivity contribution in [1.82, 2.24) is 0 Å². The molecule has 0 fully saturated rings. The number of unbranched alkanes of at least 4 members (excludes halogenated alkanes) is 36. The quantitative estimate of drug-likeness (QED) is 0.0262. The van der Waals surface area contributed by atoms with E-state index in [4.69, 9.17) is 14.2 Å². The van der Waals surface area contributed by atoms with Crippen molar-refractivity contribution >= 4 is 17.9 Å². The van der Waals surface area contributed by atoms with Crippen LogP contribution in [0.1, 0.15) is 310 Å². The van der Waals surface area contributed by atoms with E-state index in [-0.39, 0.29) is 31.1 Å². The zero-order chi connectivity index (χ0) is 47.9. The number of carbonyl (C=O) groups is 3. The Morgan fingerprint density at radius 2 is 0.561 bits per heavy atom. The molecule has 0 aliphatic rings. The molecule has 0 aromatic rings. The smallest absolute Gasteiger partial charge is 0.306 e. The third-order valence-corrected chi connectivity index (χ3v) is 12.9. The van der Waals surface area contributed by atoms with Crippen molar-refractivity contribution in [2.24, 2.45) is 0 Å². The molecule has 0 heterocycles. The van der Waals surface area contributed by atoms with E-state index in [0.29, 0.717) is 25.7 Å². The van der Waals surface area contributed by atoms with Crippen LogP contribution in [0.15, 0.2) is 36.5 Å². The van der Waals surface area contributed by atoms with Gasteiger partial charge in [0.05, 0.1) is 0 Å². The molecule has 0 radical (unpaired) electrons. The molecule has 1 atom stereocenters. The van der Waals surface area contributed by atoms with Crippen LogP contribution in [0.3, 0.4) is 0 Å². The molecule has 0 bridgehead atoms. The van der Waals surface area contributed by atoms with Gasteiger partial charge in [-0.3, -0.25) is 14.4 Å². The molecule has 0 rings (SSSR count). The minimum absolute atomic E-state index is 0.0826. The first-order valence-corrected chi connectivity index (χ1v) is 29.0. The van der Waals surface area contributed by atoms with E-state index in [1.165, 1.54) is 205 Å². The van der Waals surface area contributed by atoms with Crippen LogP contribution < -0.4 is 0 Å². The van der Waals surface area contributed by atoms with Crippen molar-refractivity contribution in [3.8, 4) is 0 Å². The number of carbonyl (C=O) groups excluding carboxylic acids is 3. The Labute approximate surface area is 410 Å². The Balaban J connectivity index is 4.40. The van der Waals surface area contributed by atoms with Gasteiger partial charge in [-0.25, -0.2) is 0 Å². The zero-order valence-corrected chi connectivity index (χ0v) is 44.2. The maximum absolute atomic E-state index is 12.8. The summed E-state index contributed by atoms with van der Waals surface area (Å²) in [7, 11) is 0. The van der Waals surface area contributed by atoms with Crippen LogP contribution in [0.2, 0.25) is 0 Å². The van der Waals surface area contributed by atoms with Crippen molar-refractivity contribution in [1.29, 1.82) is 0 Å². The van der Waals surface area contributed by atoms with Crippen molar-refractivity contribution in [2.75, 3.05) is 13.2 Å². The lowest BCUT2D eigenvalue weighted by atomic mass is 10.0. The van der Waals surface area contributed by atoms with Gasteiger partial charge in [0.25, 0.3) is 0 Å². The van der Waals surface area contributed by atoms with Gasteiger partial charge in [0.2, 0.25) is 0 Å². The van der Waals surface area contributed by atoms with Crippen LogP contribution in [0.25, 0.3) is 0 Å². The molecule has 0 aromatic carbocycles. The summed E-state index contributed by atoms with van der Waals surface area (Å²) in [6.45, 7) is 6.64. The summed E-state index contributed by atoms with van der Waals surface area (Å²) >= 11 is 0. The molecule has 0 aliphatic heterocycles. The van der Waals surface area contributed by atoms with Gasteiger partial charge in [-0.15, -0.1) is 0 Å². The normalized spacial score (nSPS) is 12.2. The minimum atomic E-state index is -0.787. The van der Waals surface area contributed by atoms with Crippen LogP contribution in [0.5, 0.6) is 0 Å². The van der Waals surface area contributed by atoms with E-state index in [2.05, 4.69) is 57.2 Å². The topological polar surface area (TPSA) is 78.9 Å². The highest BCUT2D eigenvalue weighted by Crippen LogP contribution is 2.17. The van der Waals surface area contributed by atoms with Crippen molar-refractivity contribution in [3.05, 3.63) is 36.5 Å². The Kier molecular flexibility index (Phi) is 53.2. The summed E-state index contributed by atoms with van der Waals surface area (Å²) in [6.07, 6.45) is 65.7. The van der Waals surface area contributed by atoms with Crippen molar-refractivity contribution in [2.45, 2.75) is 316 Å². The van der Waals surface area contributed by atoms with Crippen LogP contribution in [0, 0.1) is 0 Å². The van der Waals surface area contributed by atoms with Gasteiger partial charge in [-0.1, -0.05) is 276 Å². The first-order valence-electron chi connectivity index (χ1n) is 29.0. The van der Waals surface area contributed by atoms with E-state index in [0.717, 1.165) is 57.8 Å². The fourth-order valence-corrected chi connectivity index (χ4v) is 8.52. The summed E-state index contributed by atoms with van der Waals surface area (Å²) in [4.78, 5) is 38.1. The number of hydrogen-bond donors (Lipinski definition) is 0. The minimum Gasteiger partial charge on any atom is -0.462 e. The predicted octanol–water partition coefficient (Wildman–Crippen LogP) is 19.3. The van der Waals surface area contributed by atoms with Crippen LogP contribution in [0.4, 0.5) is 0 Å². The monoisotopic (exact) mass is 927 g/mol. The highest BCUT2D eigenvalue weighted by atomic mass is 16.6. The SMILES string of the molecule is CCCCCCCC/C=C\C/C=C\C/C=C\CCCC(=O)OCC(COC(=O)CCCCCCCCCCCCCCCCC)OC(=O)CCCCCCCCCCCCCCCCCC.